The maximum Gasteiger partial charge on any atom is 0.283 e. The first-order valence-corrected chi connectivity index (χ1v) is 13.2. The fourth-order valence-corrected chi connectivity index (χ4v) is 5.71. The molecule has 0 radical (unpaired) electrons. The van der Waals surface area contributed by atoms with Gasteiger partial charge in [0.15, 0.2) is 18.1 Å². The van der Waals surface area contributed by atoms with Crippen molar-refractivity contribution >= 4 is 39.4 Å². The first-order valence-electron chi connectivity index (χ1n) is 12.4. The summed E-state index contributed by atoms with van der Waals surface area (Å²) in [4.78, 5) is 32.4. The highest BCUT2D eigenvalue weighted by Gasteiger charge is 2.21. The van der Waals surface area contributed by atoms with Crippen molar-refractivity contribution in [2.75, 3.05) is 18.5 Å². The van der Waals surface area contributed by atoms with Crippen LogP contribution in [0.15, 0.2) is 58.4 Å². The molecule has 0 bridgehead atoms. The summed E-state index contributed by atoms with van der Waals surface area (Å²) in [5, 5.41) is 7.96. The number of ether oxygens (including phenoxy) is 2. The van der Waals surface area contributed by atoms with Crippen molar-refractivity contribution in [2.45, 2.75) is 39.5 Å². The SMILES string of the molecule is CCOc1cc(/C=N/n2c(C)nc3sc4c(c3c2=O)CCCC4)ccc1OCC(=O)Nc1ccccc1. The smallest absolute Gasteiger partial charge is 0.283 e. The van der Waals surface area contributed by atoms with Crippen LogP contribution in [0.1, 0.15) is 41.6 Å². The van der Waals surface area contributed by atoms with Gasteiger partial charge in [0.25, 0.3) is 11.5 Å². The number of fused-ring (bicyclic) bond motifs is 3. The first kappa shape index (κ1) is 24.7. The van der Waals surface area contributed by atoms with Crippen LogP contribution >= 0.6 is 11.3 Å². The number of rotatable bonds is 8. The van der Waals surface area contributed by atoms with E-state index in [1.54, 1.807) is 42.7 Å². The molecule has 0 unspecified atom stereocenters. The second kappa shape index (κ2) is 11.0. The Bertz CT molecular complexity index is 1520. The third-order valence-electron chi connectivity index (χ3n) is 6.14. The molecule has 1 amide bonds. The minimum atomic E-state index is -0.271. The molecule has 0 saturated carbocycles. The van der Waals surface area contributed by atoms with Gasteiger partial charge in [0, 0.05) is 10.6 Å². The molecule has 1 aliphatic carbocycles. The van der Waals surface area contributed by atoms with E-state index in [0.717, 1.165) is 41.6 Å². The predicted molar refractivity (Wildman–Crippen MR) is 146 cm³/mol. The number of nitrogens with zero attached hydrogens (tertiary/aromatic N) is 3. The van der Waals surface area contributed by atoms with E-state index in [2.05, 4.69) is 15.4 Å². The van der Waals surface area contributed by atoms with Crippen LogP contribution < -0.4 is 20.3 Å². The minimum Gasteiger partial charge on any atom is -0.490 e. The molecule has 1 aliphatic rings. The molecule has 9 heteroatoms. The van der Waals surface area contributed by atoms with E-state index in [-0.39, 0.29) is 18.1 Å². The van der Waals surface area contributed by atoms with Crippen LogP contribution in [0.2, 0.25) is 0 Å². The van der Waals surface area contributed by atoms with Gasteiger partial charge in [0.1, 0.15) is 10.7 Å². The Balaban J connectivity index is 1.35. The Morgan fingerprint density at radius 2 is 1.95 bits per heavy atom. The Hall–Kier alpha value is -3.98. The summed E-state index contributed by atoms with van der Waals surface area (Å²) >= 11 is 1.63. The van der Waals surface area contributed by atoms with Gasteiger partial charge in [0.2, 0.25) is 0 Å². The fourth-order valence-electron chi connectivity index (χ4n) is 4.41. The van der Waals surface area contributed by atoms with Gasteiger partial charge in [-0.15, -0.1) is 11.3 Å². The maximum absolute atomic E-state index is 13.3. The van der Waals surface area contributed by atoms with Crippen molar-refractivity contribution < 1.29 is 14.3 Å². The monoisotopic (exact) mass is 516 g/mol. The molecule has 4 aromatic rings. The highest BCUT2D eigenvalue weighted by molar-refractivity contribution is 7.18. The molecule has 1 N–H and O–H groups in total. The summed E-state index contributed by atoms with van der Waals surface area (Å²) in [6, 6.07) is 14.5. The Labute approximate surface area is 218 Å². The molecule has 0 saturated heterocycles. The number of para-hydroxylation sites is 1. The van der Waals surface area contributed by atoms with E-state index in [4.69, 9.17) is 9.47 Å². The molecule has 0 atom stereocenters. The van der Waals surface area contributed by atoms with Gasteiger partial charge in [-0.25, -0.2) is 4.98 Å². The van der Waals surface area contributed by atoms with Crippen LogP contribution in [0.3, 0.4) is 0 Å². The summed E-state index contributed by atoms with van der Waals surface area (Å²) in [7, 11) is 0. The van der Waals surface area contributed by atoms with E-state index >= 15 is 0 Å². The quantitative estimate of drug-likeness (QED) is 0.335. The molecule has 2 aromatic heterocycles. The molecule has 2 heterocycles. The molecule has 0 aliphatic heterocycles. The molecule has 2 aromatic carbocycles. The third kappa shape index (κ3) is 5.41. The lowest BCUT2D eigenvalue weighted by Crippen LogP contribution is -2.21. The number of carbonyl (C=O) groups is 1. The highest BCUT2D eigenvalue weighted by Crippen LogP contribution is 2.34. The highest BCUT2D eigenvalue weighted by atomic mass is 32.1. The number of hydrogen-bond acceptors (Lipinski definition) is 7. The number of aromatic nitrogens is 2. The Morgan fingerprint density at radius 1 is 1.14 bits per heavy atom. The van der Waals surface area contributed by atoms with Crippen LogP contribution in [-0.4, -0.2) is 35.0 Å². The summed E-state index contributed by atoms with van der Waals surface area (Å²) in [6.45, 7) is 3.93. The van der Waals surface area contributed by atoms with E-state index in [1.165, 1.54) is 9.55 Å². The summed E-state index contributed by atoms with van der Waals surface area (Å²) in [5.41, 5.74) is 2.44. The summed E-state index contributed by atoms with van der Waals surface area (Å²) in [5.74, 6) is 1.21. The summed E-state index contributed by atoms with van der Waals surface area (Å²) in [6.07, 6.45) is 5.79. The number of aryl methyl sites for hydroxylation is 3. The van der Waals surface area contributed by atoms with Crippen LogP contribution in [0, 0.1) is 6.92 Å². The van der Waals surface area contributed by atoms with E-state index in [1.807, 2.05) is 37.3 Å². The van der Waals surface area contributed by atoms with E-state index in [9.17, 15) is 9.59 Å². The predicted octanol–water partition coefficient (Wildman–Crippen LogP) is 4.94. The van der Waals surface area contributed by atoms with Gasteiger partial charge in [-0.3, -0.25) is 9.59 Å². The van der Waals surface area contributed by atoms with Crippen LogP contribution in [0.25, 0.3) is 10.2 Å². The first-order chi connectivity index (χ1) is 18.0. The van der Waals surface area contributed by atoms with Gasteiger partial charge in [0.05, 0.1) is 18.2 Å². The maximum atomic E-state index is 13.3. The van der Waals surface area contributed by atoms with Crippen LogP contribution in [-0.2, 0) is 17.6 Å². The molecule has 0 spiro atoms. The van der Waals surface area contributed by atoms with Crippen LogP contribution in [0.4, 0.5) is 5.69 Å². The van der Waals surface area contributed by atoms with E-state index < -0.39 is 0 Å². The lowest BCUT2D eigenvalue weighted by Gasteiger charge is -2.13. The second-order valence-electron chi connectivity index (χ2n) is 8.75. The Kier molecular flexibility index (Phi) is 7.32. The standard InChI is InChI=1S/C28H28N4O4S/c1-3-35-23-15-19(13-14-22(23)36-17-25(33)31-20-9-5-4-6-10-20)16-29-32-18(2)30-27-26(28(32)34)21-11-7-8-12-24(21)37-27/h4-6,9-10,13-16H,3,7-8,11-12,17H2,1-2H3,(H,31,33)/b29-16+. The minimum absolute atomic E-state index is 0.132. The number of thiophene rings is 1. The molecule has 5 rings (SSSR count). The van der Waals surface area contributed by atoms with Gasteiger partial charge in [-0.05, 0) is 81.0 Å². The number of amides is 1. The number of benzene rings is 2. The van der Waals surface area contributed by atoms with Crippen molar-refractivity contribution in [3.63, 3.8) is 0 Å². The number of nitrogens with one attached hydrogen (secondary N) is 1. The summed E-state index contributed by atoms with van der Waals surface area (Å²) < 4.78 is 12.8. The van der Waals surface area contributed by atoms with E-state index in [0.29, 0.717) is 35.0 Å². The number of hydrogen-bond donors (Lipinski definition) is 1. The molecule has 190 valence electrons. The molecular weight excluding hydrogens is 488 g/mol. The lowest BCUT2D eigenvalue weighted by molar-refractivity contribution is -0.118. The lowest BCUT2D eigenvalue weighted by atomic mass is 9.97. The van der Waals surface area contributed by atoms with Crippen LogP contribution in [0.5, 0.6) is 11.5 Å². The molecule has 0 fully saturated rings. The van der Waals surface area contributed by atoms with Crippen molar-refractivity contribution in [3.8, 4) is 11.5 Å². The van der Waals surface area contributed by atoms with Gasteiger partial charge in [-0.2, -0.15) is 9.78 Å². The largest absolute Gasteiger partial charge is 0.490 e. The topological polar surface area (TPSA) is 94.8 Å². The zero-order chi connectivity index (χ0) is 25.8. The van der Waals surface area contributed by atoms with Gasteiger partial charge >= 0.3 is 0 Å². The van der Waals surface area contributed by atoms with Crippen molar-refractivity contribution in [1.29, 1.82) is 0 Å². The number of carbonyl (C=O) groups excluding carboxylic acids is 1. The van der Waals surface area contributed by atoms with Gasteiger partial charge < -0.3 is 14.8 Å². The average Bonchev–Trinajstić information content (AvgIpc) is 3.27. The normalized spacial score (nSPS) is 13.0. The van der Waals surface area contributed by atoms with Crippen molar-refractivity contribution in [3.05, 3.63) is 80.7 Å². The third-order valence-corrected chi connectivity index (χ3v) is 7.32. The van der Waals surface area contributed by atoms with Gasteiger partial charge in [-0.1, -0.05) is 18.2 Å². The molecular formula is C28H28N4O4S. The number of anilines is 1. The zero-order valence-corrected chi connectivity index (χ0v) is 21.6. The molecule has 37 heavy (non-hydrogen) atoms. The molecule has 8 nitrogen and oxygen atoms in total. The zero-order valence-electron chi connectivity index (χ0n) is 20.8. The average molecular weight is 517 g/mol. The van der Waals surface area contributed by atoms with Crippen molar-refractivity contribution in [2.24, 2.45) is 5.10 Å². The van der Waals surface area contributed by atoms with Crippen molar-refractivity contribution in [1.82, 2.24) is 9.66 Å². The Morgan fingerprint density at radius 3 is 2.76 bits per heavy atom. The fraction of sp³-hybridized carbons (Fsp3) is 0.286. The second-order valence-corrected chi connectivity index (χ2v) is 9.84.